The predicted molar refractivity (Wildman–Crippen MR) is 84.7 cm³/mol. The summed E-state index contributed by atoms with van der Waals surface area (Å²) in [7, 11) is 3.68. The molecular formula is C18H19NO2. The van der Waals surface area contributed by atoms with Gasteiger partial charge in [-0.25, -0.2) is 0 Å². The summed E-state index contributed by atoms with van der Waals surface area (Å²) >= 11 is 0. The van der Waals surface area contributed by atoms with Gasteiger partial charge in [-0.15, -0.1) is 0 Å². The van der Waals surface area contributed by atoms with Crippen LogP contribution >= 0.6 is 0 Å². The summed E-state index contributed by atoms with van der Waals surface area (Å²) in [6.07, 6.45) is 2.70. The number of hydrogen-bond acceptors (Lipinski definition) is 3. The van der Waals surface area contributed by atoms with E-state index in [2.05, 4.69) is 17.4 Å². The molecule has 2 aromatic carbocycles. The van der Waals surface area contributed by atoms with Crippen LogP contribution in [0.15, 0.2) is 59.2 Å². The minimum Gasteiger partial charge on any atom is -0.496 e. The van der Waals surface area contributed by atoms with Crippen molar-refractivity contribution >= 4 is 11.0 Å². The molecule has 0 aliphatic rings. The molecule has 1 aromatic heterocycles. The third-order valence-electron chi connectivity index (χ3n) is 3.85. The Morgan fingerprint density at radius 3 is 2.67 bits per heavy atom. The number of methoxy groups -OCH3 is 1. The number of benzene rings is 2. The van der Waals surface area contributed by atoms with Crippen LogP contribution in [0.5, 0.6) is 5.75 Å². The van der Waals surface area contributed by atoms with E-state index in [1.807, 2.05) is 49.7 Å². The van der Waals surface area contributed by atoms with Gasteiger partial charge in [-0.2, -0.15) is 0 Å². The molecule has 0 saturated heterocycles. The number of rotatable bonds is 5. The van der Waals surface area contributed by atoms with E-state index in [0.717, 1.165) is 23.1 Å². The summed E-state index contributed by atoms with van der Waals surface area (Å²) < 4.78 is 11.1. The molecule has 1 heterocycles. The van der Waals surface area contributed by atoms with E-state index >= 15 is 0 Å². The number of hydrogen-bond donors (Lipinski definition) is 1. The van der Waals surface area contributed by atoms with Crippen LogP contribution in [0.2, 0.25) is 0 Å². The van der Waals surface area contributed by atoms with E-state index in [0.29, 0.717) is 0 Å². The highest BCUT2D eigenvalue weighted by Gasteiger charge is 2.17. The second-order valence-electron chi connectivity index (χ2n) is 5.04. The van der Waals surface area contributed by atoms with Crippen molar-refractivity contribution in [3.63, 3.8) is 0 Å². The van der Waals surface area contributed by atoms with Crippen molar-refractivity contribution in [3.05, 3.63) is 65.9 Å². The highest BCUT2D eigenvalue weighted by atomic mass is 16.5. The molecule has 1 unspecified atom stereocenters. The van der Waals surface area contributed by atoms with Crippen LogP contribution in [0.4, 0.5) is 0 Å². The van der Waals surface area contributed by atoms with Crippen molar-refractivity contribution in [1.29, 1.82) is 0 Å². The van der Waals surface area contributed by atoms with E-state index in [9.17, 15) is 0 Å². The van der Waals surface area contributed by atoms with Crippen LogP contribution in [0.25, 0.3) is 11.0 Å². The van der Waals surface area contributed by atoms with Gasteiger partial charge in [-0.05, 0) is 31.2 Å². The smallest absolute Gasteiger partial charge is 0.134 e. The van der Waals surface area contributed by atoms with Gasteiger partial charge in [0.05, 0.1) is 13.4 Å². The fourth-order valence-electron chi connectivity index (χ4n) is 2.73. The lowest BCUT2D eigenvalue weighted by atomic mass is 9.98. The quantitative estimate of drug-likeness (QED) is 0.769. The molecule has 21 heavy (non-hydrogen) atoms. The van der Waals surface area contributed by atoms with E-state index in [1.54, 1.807) is 7.11 Å². The highest BCUT2D eigenvalue weighted by Crippen LogP contribution is 2.30. The Morgan fingerprint density at radius 2 is 1.86 bits per heavy atom. The first-order chi connectivity index (χ1) is 10.3. The van der Waals surface area contributed by atoms with E-state index in [1.165, 1.54) is 11.1 Å². The van der Waals surface area contributed by atoms with Gasteiger partial charge in [0.1, 0.15) is 11.3 Å². The van der Waals surface area contributed by atoms with Crippen LogP contribution in [0.1, 0.15) is 17.2 Å². The van der Waals surface area contributed by atoms with Gasteiger partial charge in [0.25, 0.3) is 0 Å². The van der Waals surface area contributed by atoms with Crippen molar-refractivity contribution in [3.8, 4) is 5.75 Å². The summed E-state index contributed by atoms with van der Waals surface area (Å²) in [4.78, 5) is 0. The normalized spacial score (nSPS) is 12.5. The lowest BCUT2D eigenvalue weighted by Crippen LogP contribution is -2.18. The van der Waals surface area contributed by atoms with Gasteiger partial charge in [0, 0.05) is 17.0 Å². The Labute approximate surface area is 124 Å². The number of fused-ring (bicyclic) bond motifs is 1. The first kappa shape index (κ1) is 13.7. The largest absolute Gasteiger partial charge is 0.496 e. The van der Waals surface area contributed by atoms with Gasteiger partial charge >= 0.3 is 0 Å². The lowest BCUT2D eigenvalue weighted by Gasteiger charge is -2.17. The monoisotopic (exact) mass is 281 g/mol. The second kappa shape index (κ2) is 6.02. The average molecular weight is 281 g/mol. The molecule has 0 bridgehead atoms. The standard InChI is InChI=1S/C18H19NO2/c1-19-16(11-13-7-3-5-9-17(13)20-2)15-12-21-18-10-6-4-8-14(15)18/h3-10,12,16,19H,11H2,1-2H3. The van der Waals surface area contributed by atoms with Crippen molar-refractivity contribution in [2.45, 2.75) is 12.5 Å². The van der Waals surface area contributed by atoms with Crippen molar-refractivity contribution in [2.24, 2.45) is 0 Å². The minimum absolute atomic E-state index is 0.185. The first-order valence-corrected chi connectivity index (χ1v) is 7.08. The minimum atomic E-state index is 0.185. The zero-order chi connectivity index (χ0) is 14.7. The number of likely N-dealkylation sites (N-methyl/N-ethyl adjacent to an activating group) is 1. The van der Waals surface area contributed by atoms with Crippen LogP contribution in [0.3, 0.4) is 0 Å². The molecule has 0 fully saturated rings. The molecular weight excluding hydrogens is 262 g/mol. The predicted octanol–water partition coefficient (Wildman–Crippen LogP) is 3.94. The number of nitrogens with one attached hydrogen (secondary N) is 1. The first-order valence-electron chi connectivity index (χ1n) is 7.08. The Kier molecular flexibility index (Phi) is 3.93. The van der Waals surface area contributed by atoms with E-state index < -0.39 is 0 Å². The van der Waals surface area contributed by atoms with Crippen LogP contribution in [-0.2, 0) is 6.42 Å². The number of ether oxygens (including phenoxy) is 1. The molecule has 0 radical (unpaired) electrons. The average Bonchev–Trinajstić information content (AvgIpc) is 2.97. The van der Waals surface area contributed by atoms with Crippen molar-refractivity contribution in [1.82, 2.24) is 5.32 Å². The maximum absolute atomic E-state index is 5.65. The Bertz CT molecular complexity index is 733. The third-order valence-corrected chi connectivity index (χ3v) is 3.85. The molecule has 3 rings (SSSR count). The zero-order valence-corrected chi connectivity index (χ0v) is 12.3. The summed E-state index contributed by atoms with van der Waals surface area (Å²) in [5.74, 6) is 0.922. The lowest BCUT2D eigenvalue weighted by molar-refractivity contribution is 0.406. The fraction of sp³-hybridized carbons (Fsp3) is 0.222. The maximum atomic E-state index is 5.65. The van der Waals surface area contributed by atoms with Gasteiger partial charge in [0.2, 0.25) is 0 Å². The summed E-state index contributed by atoms with van der Waals surface area (Å²) in [6.45, 7) is 0. The van der Waals surface area contributed by atoms with Crippen molar-refractivity contribution < 1.29 is 9.15 Å². The molecule has 1 atom stereocenters. The summed E-state index contributed by atoms with van der Waals surface area (Å²) in [5, 5.41) is 4.54. The van der Waals surface area contributed by atoms with E-state index in [4.69, 9.17) is 9.15 Å². The summed E-state index contributed by atoms with van der Waals surface area (Å²) in [6, 6.07) is 16.4. The molecule has 3 aromatic rings. The molecule has 0 aliphatic carbocycles. The maximum Gasteiger partial charge on any atom is 0.134 e. The highest BCUT2D eigenvalue weighted by molar-refractivity contribution is 5.81. The van der Waals surface area contributed by atoms with Gasteiger partial charge < -0.3 is 14.5 Å². The molecule has 0 aliphatic heterocycles. The second-order valence-corrected chi connectivity index (χ2v) is 5.04. The molecule has 0 amide bonds. The topological polar surface area (TPSA) is 34.4 Å². The SMILES string of the molecule is CNC(Cc1ccccc1OC)c1coc2ccccc12. The Morgan fingerprint density at radius 1 is 1.10 bits per heavy atom. The molecule has 0 saturated carbocycles. The van der Waals surface area contributed by atoms with Gasteiger partial charge in [-0.1, -0.05) is 36.4 Å². The molecule has 1 N–H and O–H groups in total. The zero-order valence-electron chi connectivity index (χ0n) is 12.3. The fourth-order valence-corrected chi connectivity index (χ4v) is 2.73. The molecule has 3 heteroatoms. The van der Waals surface area contributed by atoms with Crippen LogP contribution in [0, 0.1) is 0 Å². The van der Waals surface area contributed by atoms with Crippen LogP contribution < -0.4 is 10.1 Å². The van der Waals surface area contributed by atoms with Gasteiger partial charge in [0.15, 0.2) is 0 Å². The summed E-state index contributed by atoms with van der Waals surface area (Å²) in [5.41, 5.74) is 3.29. The molecule has 0 spiro atoms. The molecule has 3 nitrogen and oxygen atoms in total. The Hall–Kier alpha value is -2.26. The van der Waals surface area contributed by atoms with E-state index in [-0.39, 0.29) is 6.04 Å². The molecule has 108 valence electrons. The number of para-hydroxylation sites is 2. The van der Waals surface area contributed by atoms with Crippen molar-refractivity contribution in [2.75, 3.05) is 14.2 Å². The Balaban J connectivity index is 1.95. The number of furan rings is 1. The van der Waals surface area contributed by atoms with Gasteiger partial charge in [-0.3, -0.25) is 0 Å². The third kappa shape index (κ3) is 2.65. The van der Waals surface area contributed by atoms with Crippen LogP contribution in [-0.4, -0.2) is 14.2 Å².